The molecule has 0 amide bonds. The lowest BCUT2D eigenvalue weighted by molar-refractivity contribution is 0.389. The van der Waals surface area contributed by atoms with E-state index in [2.05, 4.69) is 30.4 Å². The van der Waals surface area contributed by atoms with Crippen LogP contribution < -0.4 is 10.1 Å². The molecular formula is C15H22N2O2. The van der Waals surface area contributed by atoms with Gasteiger partial charge in [-0.15, -0.1) is 0 Å². The molecule has 0 aliphatic carbocycles. The number of rotatable bonds is 7. The van der Waals surface area contributed by atoms with Crippen molar-refractivity contribution in [2.45, 2.75) is 13.0 Å². The van der Waals surface area contributed by atoms with E-state index in [0.717, 1.165) is 48.5 Å². The Bertz CT molecular complexity index is 520. The minimum Gasteiger partial charge on any atom is -0.493 e. The van der Waals surface area contributed by atoms with Crippen molar-refractivity contribution in [3.8, 4) is 5.75 Å². The van der Waals surface area contributed by atoms with Crippen molar-refractivity contribution in [3.63, 3.8) is 0 Å². The summed E-state index contributed by atoms with van der Waals surface area (Å²) in [5, 5.41) is 4.48. The Morgan fingerprint density at radius 3 is 2.89 bits per heavy atom. The summed E-state index contributed by atoms with van der Waals surface area (Å²) in [5.41, 5.74) is 0.829. The minimum atomic E-state index is 0.755. The highest BCUT2D eigenvalue weighted by atomic mass is 16.5. The van der Waals surface area contributed by atoms with Crippen LogP contribution in [0.2, 0.25) is 0 Å². The largest absolute Gasteiger partial charge is 0.493 e. The molecule has 4 nitrogen and oxygen atoms in total. The van der Waals surface area contributed by atoms with Gasteiger partial charge in [-0.2, -0.15) is 0 Å². The van der Waals surface area contributed by atoms with Crippen LogP contribution in [-0.4, -0.2) is 39.2 Å². The predicted octanol–water partition coefficient (Wildman–Crippen LogP) is 2.48. The molecule has 0 atom stereocenters. The average molecular weight is 262 g/mol. The first-order valence-electron chi connectivity index (χ1n) is 6.61. The van der Waals surface area contributed by atoms with Crippen LogP contribution in [0.3, 0.4) is 0 Å². The van der Waals surface area contributed by atoms with E-state index < -0.39 is 0 Å². The van der Waals surface area contributed by atoms with E-state index >= 15 is 0 Å². The summed E-state index contributed by atoms with van der Waals surface area (Å²) < 4.78 is 11.1. The van der Waals surface area contributed by atoms with Gasteiger partial charge >= 0.3 is 0 Å². The Kier molecular flexibility index (Phi) is 4.82. The van der Waals surface area contributed by atoms with Crippen molar-refractivity contribution < 1.29 is 9.15 Å². The molecule has 2 rings (SSSR count). The fourth-order valence-corrected chi connectivity index (χ4v) is 2.07. The zero-order valence-electron chi connectivity index (χ0n) is 11.9. The third-order valence-electron chi connectivity index (χ3n) is 3.04. The normalized spacial score (nSPS) is 11.4. The number of benzene rings is 1. The van der Waals surface area contributed by atoms with Crippen LogP contribution >= 0.6 is 0 Å². The third-order valence-corrected chi connectivity index (χ3v) is 3.04. The molecule has 1 aromatic heterocycles. The van der Waals surface area contributed by atoms with Gasteiger partial charge < -0.3 is 19.4 Å². The molecule has 1 N–H and O–H groups in total. The minimum absolute atomic E-state index is 0.755. The summed E-state index contributed by atoms with van der Waals surface area (Å²) in [4.78, 5) is 2.19. The fourth-order valence-electron chi connectivity index (χ4n) is 2.07. The van der Waals surface area contributed by atoms with Crippen molar-refractivity contribution in [1.29, 1.82) is 0 Å². The molecule has 0 saturated carbocycles. The van der Waals surface area contributed by atoms with Crippen LogP contribution in [0.5, 0.6) is 5.75 Å². The number of nitrogens with zero attached hydrogens (tertiary/aromatic N) is 1. The molecular weight excluding hydrogens is 240 g/mol. The van der Waals surface area contributed by atoms with Crippen molar-refractivity contribution in [2.24, 2.45) is 0 Å². The summed E-state index contributed by atoms with van der Waals surface area (Å²) in [7, 11) is 5.84. The molecule has 0 unspecified atom stereocenters. The zero-order valence-corrected chi connectivity index (χ0v) is 11.9. The maximum absolute atomic E-state index is 5.82. The van der Waals surface area contributed by atoms with Crippen molar-refractivity contribution in [1.82, 2.24) is 10.2 Å². The second kappa shape index (κ2) is 6.59. The van der Waals surface area contributed by atoms with E-state index in [4.69, 9.17) is 9.15 Å². The molecule has 19 heavy (non-hydrogen) atoms. The number of nitrogens with one attached hydrogen (secondary N) is 1. The van der Waals surface area contributed by atoms with Gasteiger partial charge in [0, 0.05) is 5.39 Å². The second-order valence-electron chi connectivity index (χ2n) is 4.92. The molecule has 1 heterocycles. The lowest BCUT2D eigenvalue weighted by Crippen LogP contribution is -2.20. The van der Waals surface area contributed by atoms with Gasteiger partial charge in [-0.05, 0) is 45.7 Å². The molecule has 0 aliphatic rings. The smallest absolute Gasteiger partial charge is 0.176 e. The predicted molar refractivity (Wildman–Crippen MR) is 77.6 cm³/mol. The molecule has 4 heteroatoms. The molecule has 1 aromatic carbocycles. The highest BCUT2D eigenvalue weighted by Gasteiger charge is 2.07. The summed E-state index contributed by atoms with van der Waals surface area (Å²) in [6.45, 7) is 2.85. The van der Waals surface area contributed by atoms with Gasteiger partial charge in [0.25, 0.3) is 0 Å². The van der Waals surface area contributed by atoms with Crippen LogP contribution in [0, 0.1) is 0 Å². The molecule has 104 valence electrons. The van der Waals surface area contributed by atoms with Gasteiger partial charge in [0.1, 0.15) is 5.76 Å². The van der Waals surface area contributed by atoms with E-state index in [0.29, 0.717) is 0 Å². The highest BCUT2D eigenvalue weighted by Crippen LogP contribution is 2.28. The van der Waals surface area contributed by atoms with Crippen molar-refractivity contribution >= 4 is 11.0 Å². The molecule has 0 fully saturated rings. The molecule has 2 aromatic rings. The Hall–Kier alpha value is -1.52. The van der Waals surface area contributed by atoms with Crippen LogP contribution in [-0.2, 0) is 6.54 Å². The van der Waals surface area contributed by atoms with Gasteiger partial charge in [-0.25, -0.2) is 0 Å². The van der Waals surface area contributed by atoms with E-state index in [1.54, 1.807) is 7.11 Å². The summed E-state index contributed by atoms with van der Waals surface area (Å²) in [6, 6.07) is 8.00. The molecule has 0 aliphatic heterocycles. The summed E-state index contributed by atoms with van der Waals surface area (Å²) in [5.74, 6) is 1.74. The third kappa shape index (κ3) is 3.72. The van der Waals surface area contributed by atoms with Crippen LogP contribution in [0.1, 0.15) is 12.2 Å². The van der Waals surface area contributed by atoms with Gasteiger partial charge in [0.15, 0.2) is 11.3 Å². The number of ether oxygens (including phenoxy) is 1. The first-order chi connectivity index (χ1) is 9.20. The van der Waals surface area contributed by atoms with E-state index in [-0.39, 0.29) is 0 Å². The monoisotopic (exact) mass is 262 g/mol. The first-order valence-corrected chi connectivity index (χ1v) is 6.61. The Morgan fingerprint density at radius 1 is 1.32 bits per heavy atom. The number of methoxy groups -OCH3 is 1. The maximum Gasteiger partial charge on any atom is 0.176 e. The van der Waals surface area contributed by atoms with E-state index in [1.165, 1.54) is 0 Å². The zero-order chi connectivity index (χ0) is 13.7. The van der Waals surface area contributed by atoms with Crippen LogP contribution in [0.4, 0.5) is 0 Å². The van der Waals surface area contributed by atoms with Crippen LogP contribution in [0.25, 0.3) is 11.0 Å². The number of hydrogen-bond acceptors (Lipinski definition) is 4. The van der Waals surface area contributed by atoms with E-state index in [9.17, 15) is 0 Å². The summed E-state index contributed by atoms with van der Waals surface area (Å²) >= 11 is 0. The summed E-state index contributed by atoms with van der Waals surface area (Å²) in [6.07, 6.45) is 1.14. The van der Waals surface area contributed by atoms with Crippen molar-refractivity contribution in [2.75, 3.05) is 34.3 Å². The average Bonchev–Trinajstić information content (AvgIpc) is 2.80. The molecule has 0 bridgehead atoms. The number of para-hydroxylation sites is 1. The first kappa shape index (κ1) is 13.9. The fraction of sp³-hybridized carbons (Fsp3) is 0.467. The highest BCUT2D eigenvalue weighted by molar-refractivity contribution is 5.83. The topological polar surface area (TPSA) is 37.6 Å². The lowest BCUT2D eigenvalue weighted by atomic mass is 10.2. The standard InChI is InChI=1S/C15H22N2O2/c1-17(2)9-5-8-16-11-13-10-12-6-4-7-14(18-3)15(12)19-13/h4,6-7,10,16H,5,8-9,11H2,1-3H3. The Balaban J connectivity index is 1.91. The Morgan fingerprint density at radius 2 is 2.16 bits per heavy atom. The van der Waals surface area contributed by atoms with Gasteiger partial charge in [0.05, 0.1) is 13.7 Å². The second-order valence-corrected chi connectivity index (χ2v) is 4.92. The van der Waals surface area contributed by atoms with Gasteiger partial charge in [-0.1, -0.05) is 12.1 Å². The van der Waals surface area contributed by atoms with Crippen molar-refractivity contribution in [3.05, 3.63) is 30.0 Å². The Labute approximate surface area is 114 Å². The maximum atomic E-state index is 5.82. The molecule has 0 radical (unpaired) electrons. The number of fused-ring (bicyclic) bond motifs is 1. The van der Waals surface area contributed by atoms with Crippen LogP contribution in [0.15, 0.2) is 28.7 Å². The number of furan rings is 1. The van der Waals surface area contributed by atoms with Gasteiger partial charge in [0.2, 0.25) is 0 Å². The quantitative estimate of drug-likeness (QED) is 0.778. The molecule has 0 saturated heterocycles. The SMILES string of the molecule is COc1cccc2cc(CNCCCN(C)C)oc12. The van der Waals surface area contributed by atoms with Gasteiger partial charge in [-0.3, -0.25) is 0 Å². The molecule has 0 spiro atoms. The van der Waals surface area contributed by atoms with E-state index in [1.807, 2.05) is 18.2 Å². The lowest BCUT2D eigenvalue weighted by Gasteiger charge is -2.08. The number of hydrogen-bond donors (Lipinski definition) is 1.